The van der Waals surface area contributed by atoms with Gasteiger partial charge >= 0.3 is 0 Å². The van der Waals surface area contributed by atoms with Gasteiger partial charge < -0.3 is 10.2 Å². The Hall–Kier alpha value is -1.42. The summed E-state index contributed by atoms with van der Waals surface area (Å²) in [6.07, 6.45) is 7.80. The van der Waals surface area contributed by atoms with E-state index in [2.05, 4.69) is 10.2 Å². The van der Waals surface area contributed by atoms with Gasteiger partial charge in [0.05, 0.1) is 0 Å². The summed E-state index contributed by atoms with van der Waals surface area (Å²) >= 11 is 0. The molecule has 4 heteroatoms. The van der Waals surface area contributed by atoms with Crippen LogP contribution < -0.4 is 5.32 Å². The van der Waals surface area contributed by atoms with Crippen LogP contribution >= 0.6 is 0 Å². The molecule has 1 atom stereocenters. The second kappa shape index (κ2) is 10.4. The fraction of sp³-hybridized carbons (Fsp3) is 0.650. The fourth-order valence-electron chi connectivity index (χ4n) is 3.38. The van der Waals surface area contributed by atoms with Crippen LogP contribution in [-0.4, -0.2) is 37.0 Å². The molecule has 1 amide bonds. The molecule has 0 saturated carbocycles. The van der Waals surface area contributed by atoms with Gasteiger partial charge in [-0.25, -0.2) is 4.39 Å². The molecule has 0 bridgehead atoms. The summed E-state index contributed by atoms with van der Waals surface area (Å²) < 4.78 is 13.7. The summed E-state index contributed by atoms with van der Waals surface area (Å²) in [4.78, 5) is 14.5. The van der Waals surface area contributed by atoms with Crippen molar-refractivity contribution in [3.63, 3.8) is 0 Å². The monoisotopic (exact) mass is 334 g/mol. The van der Waals surface area contributed by atoms with Crippen LogP contribution in [0.15, 0.2) is 24.3 Å². The molecule has 24 heavy (non-hydrogen) atoms. The van der Waals surface area contributed by atoms with Crippen molar-refractivity contribution in [3.8, 4) is 0 Å². The van der Waals surface area contributed by atoms with Gasteiger partial charge in [-0.1, -0.05) is 38.0 Å². The molecule has 1 aromatic rings. The van der Waals surface area contributed by atoms with Crippen LogP contribution in [-0.2, 0) is 4.79 Å². The van der Waals surface area contributed by atoms with Crippen LogP contribution in [0.3, 0.4) is 0 Å². The van der Waals surface area contributed by atoms with Crippen LogP contribution in [0.1, 0.15) is 63.4 Å². The second-order valence-corrected chi connectivity index (χ2v) is 6.94. The summed E-state index contributed by atoms with van der Waals surface area (Å²) in [6, 6.07) is 6.70. The van der Waals surface area contributed by atoms with Crippen molar-refractivity contribution in [2.45, 2.75) is 57.8 Å². The highest BCUT2D eigenvalue weighted by Crippen LogP contribution is 2.21. The van der Waals surface area contributed by atoms with Gasteiger partial charge in [0.25, 0.3) is 0 Å². The molecular formula is C20H31FN2O. The molecule has 1 heterocycles. The Morgan fingerprint density at radius 1 is 1.17 bits per heavy atom. The Kier molecular flexibility index (Phi) is 8.23. The first kappa shape index (κ1) is 18.9. The van der Waals surface area contributed by atoms with Crippen molar-refractivity contribution in [1.29, 1.82) is 0 Å². The number of nitrogens with zero attached hydrogens (tertiary/aromatic N) is 1. The standard InChI is InChI=1S/C20H31FN2O/c1-17(18-10-4-5-11-19(18)21)16-20(24)22-12-6-2-7-13-23-14-8-3-9-15-23/h4-5,10-11,17H,2-3,6-9,12-16H2,1H3,(H,22,24). The molecule has 1 unspecified atom stereocenters. The number of likely N-dealkylation sites (tertiary alicyclic amines) is 1. The van der Waals surface area contributed by atoms with Crippen molar-refractivity contribution in [2.75, 3.05) is 26.2 Å². The Labute approximate surface area is 145 Å². The summed E-state index contributed by atoms with van der Waals surface area (Å²) in [6.45, 7) is 6.33. The first-order valence-electron chi connectivity index (χ1n) is 9.40. The molecule has 1 aliphatic heterocycles. The number of piperidine rings is 1. The van der Waals surface area contributed by atoms with E-state index >= 15 is 0 Å². The van der Waals surface area contributed by atoms with Crippen LogP contribution in [0.4, 0.5) is 4.39 Å². The molecule has 0 aromatic heterocycles. The van der Waals surface area contributed by atoms with E-state index in [1.54, 1.807) is 12.1 Å². The number of benzene rings is 1. The third-order valence-corrected chi connectivity index (χ3v) is 4.85. The summed E-state index contributed by atoms with van der Waals surface area (Å²) in [5, 5.41) is 2.97. The lowest BCUT2D eigenvalue weighted by Crippen LogP contribution is -2.30. The lowest BCUT2D eigenvalue weighted by atomic mass is 9.97. The fourth-order valence-corrected chi connectivity index (χ4v) is 3.38. The summed E-state index contributed by atoms with van der Waals surface area (Å²) in [7, 11) is 0. The van der Waals surface area contributed by atoms with E-state index < -0.39 is 0 Å². The van der Waals surface area contributed by atoms with Crippen LogP contribution in [0.25, 0.3) is 0 Å². The van der Waals surface area contributed by atoms with Crippen molar-refractivity contribution < 1.29 is 9.18 Å². The first-order chi connectivity index (χ1) is 11.7. The van der Waals surface area contributed by atoms with E-state index in [1.807, 2.05) is 13.0 Å². The zero-order valence-corrected chi connectivity index (χ0v) is 14.9. The van der Waals surface area contributed by atoms with E-state index in [4.69, 9.17) is 0 Å². The predicted octanol–water partition coefficient (Wildman–Crippen LogP) is 4.09. The molecule has 1 fully saturated rings. The van der Waals surface area contributed by atoms with Gasteiger partial charge in [0.2, 0.25) is 5.91 Å². The molecular weight excluding hydrogens is 303 g/mol. The van der Waals surface area contributed by atoms with Gasteiger partial charge in [-0.3, -0.25) is 4.79 Å². The summed E-state index contributed by atoms with van der Waals surface area (Å²) in [5.74, 6) is -0.303. The molecule has 0 spiro atoms. The Bertz CT molecular complexity index is 500. The third kappa shape index (κ3) is 6.60. The zero-order chi connectivity index (χ0) is 17.2. The first-order valence-corrected chi connectivity index (χ1v) is 9.40. The number of rotatable bonds is 9. The number of hydrogen-bond donors (Lipinski definition) is 1. The number of nitrogens with one attached hydrogen (secondary N) is 1. The Balaban J connectivity index is 1.54. The minimum Gasteiger partial charge on any atom is -0.356 e. The van der Waals surface area contributed by atoms with Crippen molar-refractivity contribution in [2.24, 2.45) is 0 Å². The molecule has 0 aliphatic carbocycles. The highest BCUT2D eigenvalue weighted by atomic mass is 19.1. The normalized spacial score (nSPS) is 16.8. The molecule has 1 aromatic carbocycles. The van der Waals surface area contributed by atoms with Gasteiger partial charge in [0.15, 0.2) is 0 Å². The van der Waals surface area contributed by atoms with E-state index in [0.717, 1.165) is 19.4 Å². The SMILES string of the molecule is CC(CC(=O)NCCCCCN1CCCCC1)c1ccccc1F. The van der Waals surface area contributed by atoms with E-state index in [1.165, 1.54) is 51.4 Å². The number of unbranched alkanes of at least 4 members (excludes halogenated alkanes) is 2. The van der Waals surface area contributed by atoms with Crippen LogP contribution in [0.5, 0.6) is 0 Å². The van der Waals surface area contributed by atoms with Gasteiger partial charge in [0.1, 0.15) is 5.82 Å². The summed E-state index contributed by atoms with van der Waals surface area (Å²) in [5.41, 5.74) is 0.620. The average Bonchev–Trinajstić information content (AvgIpc) is 2.59. The maximum absolute atomic E-state index is 13.7. The quantitative estimate of drug-likeness (QED) is 0.690. The maximum Gasteiger partial charge on any atom is 0.220 e. The molecule has 3 nitrogen and oxygen atoms in total. The molecule has 0 radical (unpaired) electrons. The zero-order valence-electron chi connectivity index (χ0n) is 14.9. The van der Waals surface area contributed by atoms with E-state index in [0.29, 0.717) is 12.0 Å². The predicted molar refractivity (Wildman–Crippen MR) is 96.6 cm³/mol. The lowest BCUT2D eigenvalue weighted by Gasteiger charge is -2.26. The minimum absolute atomic E-state index is 0.0155. The number of hydrogen-bond acceptors (Lipinski definition) is 2. The maximum atomic E-state index is 13.7. The second-order valence-electron chi connectivity index (χ2n) is 6.94. The third-order valence-electron chi connectivity index (χ3n) is 4.85. The average molecular weight is 334 g/mol. The van der Waals surface area contributed by atoms with Gasteiger partial charge in [-0.2, -0.15) is 0 Å². The largest absolute Gasteiger partial charge is 0.356 e. The van der Waals surface area contributed by atoms with Crippen molar-refractivity contribution in [3.05, 3.63) is 35.6 Å². The molecule has 1 aliphatic rings. The van der Waals surface area contributed by atoms with Crippen molar-refractivity contribution in [1.82, 2.24) is 10.2 Å². The number of carbonyl (C=O) groups excluding carboxylic acids is 1. The van der Waals surface area contributed by atoms with E-state index in [-0.39, 0.29) is 17.6 Å². The van der Waals surface area contributed by atoms with Crippen LogP contribution in [0.2, 0.25) is 0 Å². The molecule has 1 saturated heterocycles. The van der Waals surface area contributed by atoms with Gasteiger partial charge in [-0.15, -0.1) is 0 Å². The molecule has 1 N–H and O–H groups in total. The lowest BCUT2D eigenvalue weighted by molar-refractivity contribution is -0.121. The van der Waals surface area contributed by atoms with Crippen LogP contribution in [0, 0.1) is 5.82 Å². The minimum atomic E-state index is -0.226. The number of halogens is 1. The van der Waals surface area contributed by atoms with Gasteiger partial charge in [0, 0.05) is 13.0 Å². The number of amides is 1. The Morgan fingerprint density at radius 2 is 1.92 bits per heavy atom. The topological polar surface area (TPSA) is 32.3 Å². The van der Waals surface area contributed by atoms with Gasteiger partial charge in [-0.05, 0) is 62.9 Å². The highest BCUT2D eigenvalue weighted by molar-refractivity contribution is 5.76. The molecule has 2 rings (SSSR count). The van der Waals surface area contributed by atoms with E-state index in [9.17, 15) is 9.18 Å². The Morgan fingerprint density at radius 3 is 2.67 bits per heavy atom. The molecule has 134 valence electrons. The smallest absolute Gasteiger partial charge is 0.220 e. The van der Waals surface area contributed by atoms with Crippen molar-refractivity contribution >= 4 is 5.91 Å². The highest BCUT2D eigenvalue weighted by Gasteiger charge is 2.14. The number of carbonyl (C=O) groups is 1.